The van der Waals surface area contributed by atoms with Gasteiger partial charge < -0.3 is 5.73 Å². The topological polar surface area (TPSA) is 114 Å². The van der Waals surface area contributed by atoms with Gasteiger partial charge in [-0.15, -0.1) is 0 Å². The highest BCUT2D eigenvalue weighted by Gasteiger charge is 2.23. The summed E-state index contributed by atoms with van der Waals surface area (Å²) in [5.41, 5.74) is 8.82. The number of hydrogen-bond donors (Lipinski definition) is 3. The molecule has 1 unspecified atom stereocenters. The van der Waals surface area contributed by atoms with Crippen molar-refractivity contribution < 1.29 is 12.8 Å². The molecule has 1 atom stereocenters. The number of pyridine rings is 1. The average Bonchev–Trinajstić information content (AvgIpc) is 2.74. The number of rotatable bonds is 6. The number of benzene rings is 1. The van der Waals surface area contributed by atoms with Crippen LogP contribution >= 0.6 is 0 Å². The first kappa shape index (κ1) is 20.6. The van der Waals surface area contributed by atoms with E-state index in [1.807, 2.05) is 6.07 Å². The van der Waals surface area contributed by atoms with E-state index in [1.165, 1.54) is 18.5 Å². The maximum absolute atomic E-state index is 14.6. The Hall–Kier alpha value is -2.69. The van der Waals surface area contributed by atoms with Crippen molar-refractivity contribution in [2.24, 2.45) is 0 Å². The van der Waals surface area contributed by atoms with E-state index >= 15 is 0 Å². The molecule has 0 aliphatic carbocycles. The fraction of sp³-hybridized carbons (Fsp3) is 0.350. The molecule has 1 fully saturated rings. The van der Waals surface area contributed by atoms with Crippen molar-refractivity contribution in [3.05, 3.63) is 48.0 Å². The molecular weight excluding hydrogens is 407 g/mol. The second-order valence-corrected chi connectivity index (χ2v) is 8.16. The highest BCUT2D eigenvalue weighted by Crippen LogP contribution is 2.30. The van der Waals surface area contributed by atoms with Crippen LogP contribution in [-0.2, 0) is 10.9 Å². The number of thiol groups is 1. The van der Waals surface area contributed by atoms with Gasteiger partial charge in [0.2, 0.25) is 10.9 Å². The first-order chi connectivity index (χ1) is 14.5. The molecule has 1 saturated heterocycles. The molecule has 3 N–H and O–H groups in total. The van der Waals surface area contributed by atoms with E-state index in [2.05, 4.69) is 24.6 Å². The van der Waals surface area contributed by atoms with Crippen LogP contribution in [0.5, 0.6) is 0 Å². The van der Waals surface area contributed by atoms with Gasteiger partial charge in [-0.25, -0.2) is 32.5 Å². The van der Waals surface area contributed by atoms with Crippen molar-refractivity contribution >= 4 is 27.7 Å². The Kier molecular flexibility index (Phi) is 6.16. The van der Waals surface area contributed by atoms with Gasteiger partial charge in [0.1, 0.15) is 17.7 Å². The zero-order chi connectivity index (χ0) is 21.1. The normalized spacial score (nSPS) is 16.2. The van der Waals surface area contributed by atoms with Crippen molar-refractivity contribution in [2.45, 2.75) is 25.3 Å². The summed E-state index contributed by atoms with van der Waals surface area (Å²) in [7, 11) is -2.74. The highest BCUT2D eigenvalue weighted by molar-refractivity contribution is 7.70. The number of likely N-dealkylation sites (tertiary alicyclic amines) is 1. The highest BCUT2D eigenvalue weighted by atomic mass is 32.2. The molecule has 8 nitrogen and oxygen atoms in total. The van der Waals surface area contributed by atoms with Crippen molar-refractivity contribution in [3.8, 4) is 11.3 Å². The summed E-state index contributed by atoms with van der Waals surface area (Å²) in [6.45, 7) is 1.87. The number of nitrogens with one attached hydrogen (secondary N) is 1. The third-order valence-electron chi connectivity index (χ3n) is 5.36. The summed E-state index contributed by atoms with van der Waals surface area (Å²) in [6.07, 6.45) is 4.59. The number of fused-ring (bicyclic) bond motifs is 1. The van der Waals surface area contributed by atoms with Gasteiger partial charge in [-0.2, -0.15) is 0 Å². The van der Waals surface area contributed by atoms with E-state index in [-0.39, 0.29) is 18.4 Å². The molecule has 2 aromatic heterocycles. The third kappa shape index (κ3) is 4.55. The standard InChI is InChI=1S/C20H23FN6O2S/c21-15-9-13(16-4-5-17-19(26-16)20(22)24-12-23-17)8-14(10-15)18(11-25-30(28)29)27-6-2-1-3-7-27/h4-5,8-10,12,18,30H,1-3,6-7,11H2,(H2,22,23,24)(H,25,28,29). The van der Waals surface area contributed by atoms with Crippen LogP contribution in [-0.4, -0.2) is 47.9 Å². The van der Waals surface area contributed by atoms with Crippen LogP contribution in [0, 0.1) is 5.82 Å². The lowest BCUT2D eigenvalue weighted by molar-refractivity contribution is 0.164. The molecule has 0 radical (unpaired) electrons. The number of anilines is 1. The zero-order valence-corrected chi connectivity index (χ0v) is 17.2. The summed E-state index contributed by atoms with van der Waals surface area (Å²) in [5.74, 6) is -0.150. The Labute approximate surface area is 175 Å². The summed E-state index contributed by atoms with van der Waals surface area (Å²) >= 11 is 0. The summed E-state index contributed by atoms with van der Waals surface area (Å²) in [4.78, 5) is 14.8. The Bertz CT molecular complexity index is 1130. The van der Waals surface area contributed by atoms with E-state index in [0.29, 0.717) is 27.9 Å². The van der Waals surface area contributed by atoms with E-state index in [0.717, 1.165) is 32.4 Å². The molecule has 1 aliphatic rings. The number of hydrogen-bond acceptors (Lipinski definition) is 7. The van der Waals surface area contributed by atoms with Gasteiger partial charge in [-0.05, 0) is 61.8 Å². The molecule has 0 spiro atoms. The predicted molar refractivity (Wildman–Crippen MR) is 114 cm³/mol. The van der Waals surface area contributed by atoms with Gasteiger partial charge in [0.05, 0.1) is 11.2 Å². The van der Waals surface area contributed by atoms with Crippen LogP contribution in [0.15, 0.2) is 36.7 Å². The fourth-order valence-electron chi connectivity index (χ4n) is 3.92. The molecule has 158 valence electrons. The maximum Gasteiger partial charge on any atom is 0.201 e. The largest absolute Gasteiger partial charge is 0.382 e. The Morgan fingerprint density at radius 2 is 1.93 bits per heavy atom. The minimum absolute atomic E-state index is 0.188. The number of halogens is 1. The van der Waals surface area contributed by atoms with Crippen LogP contribution in [0.2, 0.25) is 0 Å². The number of piperidine rings is 1. The first-order valence-electron chi connectivity index (χ1n) is 9.81. The van der Waals surface area contributed by atoms with Gasteiger partial charge in [-0.1, -0.05) is 6.42 Å². The van der Waals surface area contributed by atoms with Gasteiger partial charge in [-0.3, -0.25) is 4.90 Å². The van der Waals surface area contributed by atoms with E-state index in [1.54, 1.807) is 12.1 Å². The van der Waals surface area contributed by atoms with Gasteiger partial charge >= 0.3 is 0 Å². The zero-order valence-electron chi connectivity index (χ0n) is 16.3. The number of nitrogens with zero attached hydrogens (tertiary/aromatic N) is 4. The van der Waals surface area contributed by atoms with Crippen LogP contribution in [0.3, 0.4) is 0 Å². The SMILES string of the molecule is Nc1ncnc2ccc(-c3cc(F)cc(C(CN[SH](=O)=O)N4CCCCC4)c3)nc12. The molecule has 0 bridgehead atoms. The fourth-order valence-corrected chi connectivity index (χ4v) is 4.24. The van der Waals surface area contributed by atoms with Crippen LogP contribution in [0.1, 0.15) is 30.9 Å². The molecule has 0 saturated carbocycles. The molecule has 10 heteroatoms. The summed E-state index contributed by atoms with van der Waals surface area (Å²) < 4.78 is 39.3. The molecule has 30 heavy (non-hydrogen) atoms. The Morgan fingerprint density at radius 3 is 2.70 bits per heavy atom. The minimum Gasteiger partial charge on any atom is -0.382 e. The van der Waals surface area contributed by atoms with Crippen LogP contribution in [0.25, 0.3) is 22.3 Å². The molecule has 4 rings (SSSR count). The van der Waals surface area contributed by atoms with Gasteiger partial charge in [0.15, 0.2) is 5.82 Å². The third-order valence-corrected chi connectivity index (χ3v) is 5.80. The average molecular weight is 431 g/mol. The smallest absolute Gasteiger partial charge is 0.201 e. The molecular formula is C20H23FN6O2S. The number of nitrogen functional groups attached to an aromatic ring is 1. The lowest BCUT2D eigenvalue weighted by Gasteiger charge is -2.34. The van der Waals surface area contributed by atoms with E-state index in [4.69, 9.17) is 5.73 Å². The summed E-state index contributed by atoms with van der Waals surface area (Å²) in [6, 6.07) is 7.99. The van der Waals surface area contributed by atoms with E-state index in [9.17, 15) is 12.8 Å². The predicted octanol–water partition coefficient (Wildman–Crippen LogP) is 2.06. The van der Waals surface area contributed by atoms with Crippen molar-refractivity contribution in [1.29, 1.82) is 0 Å². The lowest BCUT2D eigenvalue weighted by atomic mass is 9.98. The quantitative estimate of drug-likeness (QED) is 0.513. The van der Waals surface area contributed by atoms with Crippen LogP contribution in [0.4, 0.5) is 10.2 Å². The molecule has 3 heterocycles. The van der Waals surface area contributed by atoms with Crippen molar-refractivity contribution in [2.75, 3.05) is 25.4 Å². The second-order valence-electron chi connectivity index (χ2n) is 7.33. The lowest BCUT2D eigenvalue weighted by Crippen LogP contribution is -2.38. The number of aromatic nitrogens is 3. The first-order valence-corrected chi connectivity index (χ1v) is 11.0. The molecule has 1 aliphatic heterocycles. The van der Waals surface area contributed by atoms with Crippen molar-refractivity contribution in [3.63, 3.8) is 0 Å². The van der Waals surface area contributed by atoms with Crippen molar-refractivity contribution in [1.82, 2.24) is 24.6 Å². The number of nitrogens with two attached hydrogens (primary N) is 1. The second kappa shape index (κ2) is 8.99. The van der Waals surface area contributed by atoms with Gasteiger partial charge in [0.25, 0.3) is 0 Å². The molecule has 3 aromatic rings. The Morgan fingerprint density at radius 1 is 1.13 bits per heavy atom. The minimum atomic E-state index is -2.74. The summed E-state index contributed by atoms with van der Waals surface area (Å²) in [5, 5.41) is 0. The molecule has 0 amide bonds. The Balaban J connectivity index is 1.74. The maximum atomic E-state index is 14.6. The monoisotopic (exact) mass is 430 g/mol. The van der Waals surface area contributed by atoms with Crippen LogP contribution < -0.4 is 10.5 Å². The van der Waals surface area contributed by atoms with E-state index < -0.39 is 16.7 Å². The molecule has 1 aromatic carbocycles. The van der Waals surface area contributed by atoms with Gasteiger partial charge in [0, 0.05) is 18.2 Å².